The van der Waals surface area contributed by atoms with E-state index in [1.807, 2.05) is 13.8 Å². The van der Waals surface area contributed by atoms with E-state index in [2.05, 4.69) is 5.10 Å². The molecule has 7 heteroatoms. The molecular formula is C14H25N3O3S. The van der Waals surface area contributed by atoms with Crippen molar-refractivity contribution in [3.05, 3.63) is 12.4 Å². The van der Waals surface area contributed by atoms with Crippen molar-refractivity contribution in [3.8, 4) is 0 Å². The van der Waals surface area contributed by atoms with Crippen LogP contribution in [0.25, 0.3) is 0 Å². The van der Waals surface area contributed by atoms with Gasteiger partial charge in [0.1, 0.15) is 4.90 Å². The fourth-order valence-electron chi connectivity index (χ4n) is 2.69. The van der Waals surface area contributed by atoms with Gasteiger partial charge >= 0.3 is 0 Å². The second-order valence-corrected chi connectivity index (χ2v) is 7.71. The van der Waals surface area contributed by atoms with Crippen LogP contribution >= 0.6 is 0 Å². The molecule has 1 aliphatic heterocycles. The molecule has 0 spiro atoms. The third kappa shape index (κ3) is 4.05. The maximum Gasteiger partial charge on any atom is 0.246 e. The molecule has 120 valence electrons. The lowest BCUT2D eigenvalue weighted by Crippen LogP contribution is -2.44. The third-order valence-electron chi connectivity index (χ3n) is 3.76. The molecule has 1 saturated heterocycles. The number of aryl methyl sites for hydroxylation is 1. The molecule has 1 aliphatic rings. The maximum absolute atomic E-state index is 12.7. The topological polar surface area (TPSA) is 64.4 Å². The lowest BCUT2D eigenvalue weighted by atomic mass is 10.0. The van der Waals surface area contributed by atoms with Crippen LogP contribution in [0.1, 0.15) is 39.5 Å². The normalized spacial score (nSPS) is 21.0. The number of ether oxygens (including phenoxy) is 1. The van der Waals surface area contributed by atoms with Crippen molar-refractivity contribution >= 4 is 10.0 Å². The minimum atomic E-state index is -3.45. The molecule has 6 nitrogen and oxygen atoms in total. The predicted molar refractivity (Wildman–Crippen MR) is 80.4 cm³/mol. The fraction of sp³-hybridized carbons (Fsp3) is 0.786. The van der Waals surface area contributed by atoms with Crippen LogP contribution in [0.3, 0.4) is 0 Å². The zero-order valence-corrected chi connectivity index (χ0v) is 13.8. The van der Waals surface area contributed by atoms with E-state index >= 15 is 0 Å². The summed E-state index contributed by atoms with van der Waals surface area (Å²) in [6, 6.07) is 0.0303. The highest BCUT2D eigenvalue weighted by Crippen LogP contribution is 2.26. The summed E-state index contributed by atoms with van der Waals surface area (Å²) in [6.07, 6.45) is 6.81. The predicted octanol–water partition coefficient (Wildman–Crippen LogP) is 1.78. The van der Waals surface area contributed by atoms with Crippen molar-refractivity contribution in [1.82, 2.24) is 14.1 Å². The van der Waals surface area contributed by atoms with Crippen LogP contribution in [-0.4, -0.2) is 47.8 Å². The summed E-state index contributed by atoms with van der Waals surface area (Å²) in [7, 11) is -1.72. The number of aromatic nitrogens is 2. The van der Waals surface area contributed by atoms with E-state index < -0.39 is 10.0 Å². The van der Waals surface area contributed by atoms with Crippen molar-refractivity contribution in [3.63, 3.8) is 0 Å². The monoisotopic (exact) mass is 315 g/mol. The first kappa shape index (κ1) is 16.5. The molecule has 0 amide bonds. The van der Waals surface area contributed by atoms with Gasteiger partial charge in [0.2, 0.25) is 10.0 Å². The largest absolute Gasteiger partial charge is 0.379 e. The third-order valence-corrected chi connectivity index (χ3v) is 5.67. The number of piperidine rings is 1. The second-order valence-electron chi connectivity index (χ2n) is 5.82. The molecule has 2 rings (SSSR count). The summed E-state index contributed by atoms with van der Waals surface area (Å²) < 4.78 is 34.2. The lowest BCUT2D eigenvalue weighted by molar-refractivity contribution is 0.0620. The Balaban J connectivity index is 2.10. The molecular weight excluding hydrogens is 290 g/mol. The molecule has 0 saturated carbocycles. The van der Waals surface area contributed by atoms with Gasteiger partial charge in [-0.1, -0.05) is 6.42 Å². The molecule has 1 aromatic heterocycles. The second kappa shape index (κ2) is 6.89. The van der Waals surface area contributed by atoms with Gasteiger partial charge in [-0.3, -0.25) is 4.68 Å². The Labute approximate surface area is 127 Å². The van der Waals surface area contributed by atoms with Gasteiger partial charge in [0, 0.05) is 32.4 Å². The Hall–Kier alpha value is -0.920. The summed E-state index contributed by atoms with van der Waals surface area (Å²) in [5, 5.41) is 3.97. The highest BCUT2D eigenvalue weighted by atomic mass is 32.2. The van der Waals surface area contributed by atoms with Gasteiger partial charge in [-0.15, -0.1) is 0 Å². The molecule has 0 bridgehead atoms. The fourth-order valence-corrected chi connectivity index (χ4v) is 4.40. The summed E-state index contributed by atoms with van der Waals surface area (Å²) in [6.45, 7) is 5.17. The van der Waals surface area contributed by atoms with Crippen LogP contribution in [0.5, 0.6) is 0 Å². The minimum absolute atomic E-state index is 0.0303. The average molecular weight is 315 g/mol. The summed E-state index contributed by atoms with van der Waals surface area (Å²) in [5.74, 6) is 0. The molecule has 1 aromatic rings. The van der Waals surface area contributed by atoms with Crippen LogP contribution in [0.4, 0.5) is 0 Å². The van der Waals surface area contributed by atoms with E-state index in [9.17, 15) is 8.42 Å². The van der Waals surface area contributed by atoms with Crippen molar-refractivity contribution in [2.75, 3.05) is 13.2 Å². The molecule has 0 unspecified atom stereocenters. The SMILES string of the molecule is CC(C)OCC[C@H]1CCCCN1S(=O)(=O)c1cnn(C)c1. The number of rotatable bonds is 6. The van der Waals surface area contributed by atoms with Gasteiger partial charge in [-0.25, -0.2) is 8.42 Å². The van der Waals surface area contributed by atoms with Crippen molar-refractivity contribution in [2.24, 2.45) is 7.05 Å². The van der Waals surface area contributed by atoms with Gasteiger partial charge in [0.25, 0.3) is 0 Å². The first-order chi connectivity index (χ1) is 9.91. The maximum atomic E-state index is 12.7. The molecule has 1 atom stereocenters. The summed E-state index contributed by atoms with van der Waals surface area (Å²) in [4.78, 5) is 0.279. The van der Waals surface area contributed by atoms with Gasteiger partial charge < -0.3 is 4.74 Å². The van der Waals surface area contributed by atoms with Gasteiger partial charge in [-0.05, 0) is 33.1 Å². The molecule has 2 heterocycles. The lowest BCUT2D eigenvalue weighted by Gasteiger charge is -2.34. The van der Waals surface area contributed by atoms with Crippen molar-refractivity contribution in [2.45, 2.75) is 56.6 Å². The van der Waals surface area contributed by atoms with Crippen LogP contribution in [0.2, 0.25) is 0 Å². The highest BCUT2D eigenvalue weighted by Gasteiger charge is 2.33. The van der Waals surface area contributed by atoms with E-state index in [-0.39, 0.29) is 17.0 Å². The van der Waals surface area contributed by atoms with Gasteiger partial charge in [0.15, 0.2) is 0 Å². The Morgan fingerprint density at radius 2 is 2.19 bits per heavy atom. The molecule has 0 aromatic carbocycles. The number of hydrogen-bond acceptors (Lipinski definition) is 4. The number of nitrogens with zero attached hydrogens (tertiary/aromatic N) is 3. The Bertz CT molecular complexity index is 554. The molecule has 1 fully saturated rings. The molecule has 21 heavy (non-hydrogen) atoms. The Morgan fingerprint density at radius 3 is 2.81 bits per heavy atom. The number of sulfonamides is 1. The number of hydrogen-bond donors (Lipinski definition) is 0. The zero-order valence-electron chi connectivity index (χ0n) is 13.0. The van der Waals surface area contributed by atoms with E-state index in [0.29, 0.717) is 13.2 Å². The van der Waals surface area contributed by atoms with Crippen LogP contribution in [0.15, 0.2) is 17.3 Å². The van der Waals surface area contributed by atoms with Gasteiger partial charge in [0.05, 0.1) is 12.3 Å². The van der Waals surface area contributed by atoms with Crippen LogP contribution < -0.4 is 0 Å². The van der Waals surface area contributed by atoms with E-state index in [0.717, 1.165) is 25.7 Å². The minimum Gasteiger partial charge on any atom is -0.379 e. The van der Waals surface area contributed by atoms with Crippen LogP contribution in [0, 0.1) is 0 Å². The zero-order chi connectivity index (χ0) is 15.5. The average Bonchev–Trinajstić information content (AvgIpc) is 2.86. The van der Waals surface area contributed by atoms with Gasteiger partial charge in [-0.2, -0.15) is 9.40 Å². The quantitative estimate of drug-likeness (QED) is 0.802. The first-order valence-corrected chi connectivity index (χ1v) is 8.97. The smallest absolute Gasteiger partial charge is 0.246 e. The van der Waals surface area contributed by atoms with Crippen LogP contribution in [-0.2, 0) is 21.8 Å². The molecule has 0 N–H and O–H groups in total. The Kier molecular flexibility index (Phi) is 5.40. The van der Waals surface area contributed by atoms with E-state index in [1.54, 1.807) is 17.5 Å². The Morgan fingerprint density at radius 1 is 1.43 bits per heavy atom. The summed E-state index contributed by atoms with van der Waals surface area (Å²) in [5.41, 5.74) is 0. The standard InChI is InChI=1S/C14H25N3O3S/c1-12(2)20-9-7-13-6-4-5-8-17(13)21(18,19)14-10-15-16(3)11-14/h10-13H,4-9H2,1-3H3/t13-/m1/s1. The first-order valence-electron chi connectivity index (χ1n) is 7.53. The van der Waals surface area contributed by atoms with E-state index in [4.69, 9.17) is 4.74 Å². The van der Waals surface area contributed by atoms with Crippen molar-refractivity contribution < 1.29 is 13.2 Å². The molecule has 0 aliphatic carbocycles. The summed E-state index contributed by atoms with van der Waals surface area (Å²) >= 11 is 0. The molecule has 0 radical (unpaired) electrons. The highest BCUT2D eigenvalue weighted by molar-refractivity contribution is 7.89. The van der Waals surface area contributed by atoms with E-state index in [1.165, 1.54) is 10.9 Å². The van der Waals surface area contributed by atoms with Crippen molar-refractivity contribution in [1.29, 1.82) is 0 Å².